The van der Waals surface area contributed by atoms with Crippen molar-refractivity contribution in [3.05, 3.63) is 29.8 Å². The van der Waals surface area contributed by atoms with Crippen LogP contribution in [0.4, 0.5) is 18.9 Å². The minimum atomic E-state index is -4.15. The van der Waals surface area contributed by atoms with Gasteiger partial charge in [0.05, 0.1) is 6.04 Å². The Labute approximate surface area is 103 Å². The van der Waals surface area contributed by atoms with E-state index in [4.69, 9.17) is 5.73 Å². The number of nitrogens with two attached hydrogens (primary N) is 1. The zero-order chi connectivity index (χ0) is 13.8. The maximum absolute atomic E-state index is 12.0. The van der Waals surface area contributed by atoms with Crippen LogP contribution in [0.15, 0.2) is 24.3 Å². The van der Waals surface area contributed by atoms with Crippen LogP contribution in [-0.4, -0.2) is 18.1 Å². The normalized spacial score (nSPS) is 13.2. The number of aryl methyl sites for hydroxylation is 1. The third-order valence-electron chi connectivity index (χ3n) is 2.33. The second kappa shape index (κ2) is 5.86. The van der Waals surface area contributed by atoms with Gasteiger partial charge >= 0.3 is 6.18 Å². The first-order chi connectivity index (χ1) is 8.28. The van der Waals surface area contributed by atoms with Crippen LogP contribution in [0.25, 0.3) is 0 Å². The van der Waals surface area contributed by atoms with Crippen LogP contribution in [0.1, 0.15) is 18.9 Å². The van der Waals surface area contributed by atoms with Gasteiger partial charge < -0.3 is 11.1 Å². The topological polar surface area (TPSA) is 55.1 Å². The highest BCUT2D eigenvalue weighted by molar-refractivity contribution is 5.94. The standard InChI is InChI=1S/C12H15F3N2O/c1-8(16)11(18)17-10-4-2-9(3-5-10)6-7-12(13,14)15/h2-5,8H,6-7,16H2,1H3,(H,17,18)/t8-/m1/s1. The molecule has 18 heavy (non-hydrogen) atoms. The fraction of sp³-hybridized carbons (Fsp3) is 0.417. The minimum absolute atomic E-state index is 0.0645. The van der Waals surface area contributed by atoms with Crippen molar-refractivity contribution in [3.63, 3.8) is 0 Å². The lowest BCUT2D eigenvalue weighted by molar-refractivity contribution is -0.134. The maximum Gasteiger partial charge on any atom is 0.389 e. The van der Waals surface area contributed by atoms with Gasteiger partial charge in [-0.3, -0.25) is 4.79 Å². The summed E-state index contributed by atoms with van der Waals surface area (Å²) < 4.78 is 36.0. The molecule has 0 aliphatic heterocycles. The summed E-state index contributed by atoms with van der Waals surface area (Å²) in [4.78, 5) is 11.3. The van der Waals surface area contributed by atoms with E-state index >= 15 is 0 Å². The molecule has 3 nitrogen and oxygen atoms in total. The van der Waals surface area contributed by atoms with Gasteiger partial charge in [-0.25, -0.2) is 0 Å². The molecule has 3 N–H and O–H groups in total. The smallest absolute Gasteiger partial charge is 0.325 e. The molecule has 0 fully saturated rings. The molecular weight excluding hydrogens is 245 g/mol. The first-order valence-electron chi connectivity index (χ1n) is 5.50. The molecule has 6 heteroatoms. The van der Waals surface area contributed by atoms with E-state index in [1.54, 1.807) is 31.2 Å². The average Bonchev–Trinajstić information content (AvgIpc) is 2.27. The molecular formula is C12H15F3N2O. The Morgan fingerprint density at radius 1 is 1.33 bits per heavy atom. The van der Waals surface area contributed by atoms with Crippen molar-refractivity contribution >= 4 is 11.6 Å². The number of anilines is 1. The number of hydrogen-bond donors (Lipinski definition) is 2. The molecule has 0 saturated carbocycles. The monoisotopic (exact) mass is 260 g/mol. The molecule has 1 aromatic rings. The second-order valence-electron chi connectivity index (χ2n) is 4.09. The SMILES string of the molecule is C[C@@H](N)C(=O)Nc1ccc(CCC(F)(F)F)cc1. The molecule has 0 spiro atoms. The average molecular weight is 260 g/mol. The largest absolute Gasteiger partial charge is 0.389 e. The van der Waals surface area contributed by atoms with Crippen LogP contribution in [0.3, 0.4) is 0 Å². The molecule has 100 valence electrons. The number of hydrogen-bond acceptors (Lipinski definition) is 2. The zero-order valence-corrected chi connectivity index (χ0v) is 9.92. The Balaban J connectivity index is 2.55. The highest BCUT2D eigenvalue weighted by atomic mass is 19.4. The van der Waals surface area contributed by atoms with Gasteiger partial charge in [0.25, 0.3) is 0 Å². The van der Waals surface area contributed by atoms with E-state index in [-0.39, 0.29) is 12.3 Å². The summed E-state index contributed by atoms with van der Waals surface area (Å²) in [5.74, 6) is -0.335. The van der Waals surface area contributed by atoms with Crippen LogP contribution in [0.2, 0.25) is 0 Å². The predicted molar refractivity (Wildman–Crippen MR) is 63.1 cm³/mol. The van der Waals surface area contributed by atoms with Gasteiger partial charge in [0.1, 0.15) is 0 Å². The van der Waals surface area contributed by atoms with Crippen molar-refractivity contribution in [2.45, 2.75) is 32.0 Å². The molecule has 0 aliphatic carbocycles. The van der Waals surface area contributed by atoms with Gasteiger partial charge in [-0.15, -0.1) is 0 Å². The van der Waals surface area contributed by atoms with Crippen molar-refractivity contribution in [1.29, 1.82) is 0 Å². The number of alkyl halides is 3. The molecule has 0 aliphatic rings. The van der Waals surface area contributed by atoms with Crippen molar-refractivity contribution in [1.82, 2.24) is 0 Å². The summed E-state index contributed by atoms with van der Waals surface area (Å²) in [5, 5.41) is 2.55. The van der Waals surface area contributed by atoms with Gasteiger partial charge in [-0.1, -0.05) is 12.1 Å². The third-order valence-corrected chi connectivity index (χ3v) is 2.33. The zero-order valence-electron chi connectivity index (χ0n) is 9.92. The molecule has 0 bridgehead atoms. The lowest BCUT2D eigenvalue weighted by Gasteiger charge is -2.09. The van der Waals surface area contributed by atoms with Crippen molar-refractivity contribution in [3.8, 4) is 0 Å². The van der Waals surface area contributed by atoms with Crippen LogP contribution in [-0.2, 0) is 11.2 Å². The number of carbonyl (C=O) groups excluding carboxylic acids is 1. The van der Waals surface area contributed by atoms with Crippen LogP contribution in [0, 0.1) is 0 Å². The number of benzene rings is 1. The maximum atomic E-state index is 12.0. The van der Waals surface area contributed by atoms with E-state index in [0.717, 1.165) is 0 Å². The molecule has 0 radical (unpaired) electrons. The molecule has 1 aromatic carbocycles. The first kappa shape index (κ1) is 14.5. The molecule has 0 heterocycles. The number of rotatable bonds is 4. The van der Waals surface area contributed by atoms with Gasteiger partial charge in [-0.05, 0) is 31.0 Å². The van der Waals surface area contributed by atoms with Gasteiger partial charge in [-0.2, -0.15) is 13.2 Å². The number of amides is 1. The van der Waals surface area contributed by atoms with E-state index in [1.807, 2.05) is 0 Å². The van der Waals surface area contributed by atoms with E-state index in [0.29, 0.717) is 11.3 Å². The molecule has 1 rings (SSSR count). The molecule has 1 atom stereocenters. The van der Waals surface area contributed by atoms with Gasteiger partial charge in [0, 0.05) is 12.1 Å². The second-order valence-corrected chi connectivity index (χ2v) is 4.09. The summed E-state index contributed by atoms with van der Waals surface area (Å²) in [6.45, 7) is 1.55. The van der Waals surface area contributed by atoms with Gasteiger partial charge in [0.2, 0.25) is 5.91 Å². The Morgan fingerprint density at radius 2 is 1.89 bits per heavy atom. The highest BCUT2D eigenvalue weighted by Crippen LogP contribution is 2.22. The van der Waals surface area contributed by atoms with E-state index in [9.17, 15) is 18.0 Å². The van der Waals surface area contributed by atoms with E-state index in [2.05, 4.69) is 5.32 Å². The fourth-order valence-electron chi connectivity index (χ4n) is 1.30. The number of carbonyl (C=O) groups is 1. The fourth-order valence-corrected chi connectivity index (χ4v) is 1.30. The number of nitrogens with one attached hydrogen (secondary N) is 1. The third kappa shape index (κ3) is 5.18. The lowest BCUT2D eigenvalue weighted by Crippen LogP contribution is -2.32. The summed E-state index contributed by atoms with van der Waals surface area (Å²) >= 11 is 0. The Morgan fingerprint density at radius 3 is 2.33 bits per heavy atom. The highest BCUT2D eigenvalue weighted by Gasteiger charge is 2.26. The first-order valence-corrected chi connectivity index (χ1v) is 5.50. The summed E-state index contributed by atoms with van der Waals surface area (Å²) in [5.41, 5.74) is 6.47. The van der Waals surface area contributed by atoms with Crippen molar-refractivity contribution in [2.24, 2.45) is 5.73 Å². The van der Waals surface area contributed by atoms with E-state index in [1.165, 1.54) is 0 Å². The van der Waals surface area contributed by atoms with Crippen LogP contribution in [0.5, 0.6) is 0 Å². The summed E-state index contributed by atoms with van der Waals surface area (Å²) in [6, 6.07) is 5.61. The van der Waals surface area contributed by atoms with Crippen LogP contribution < -0.4 is 11.1 Å². The van der Waals surface area contributed by atoms with Crippen LogP contribution >= 0.6 is 0 Å². The summed E-state index contributed by atoms with van der Waals surface area (Å²) in [6.07, 6.45) is -5.06. The molecule has 0 aromatic heterocycles. The Hall–Kier alpha value is -1.56. The lowest BCUT2D eigenvalue weighted by atomic mass is 10.1. The molecule has 0 saturated heterocycles. The predicted octanol–water partition coefficient (Wildman–Crippen LogP) is 2.47. The Kier molecular flexibility index (Phi) is 4.72. The quantitative estimate of drug-likeness (QED) is 0.873. The minimum Gasteiger partial charge on any atom is -0.325 e. The molecule has 0 unspecified atom stereocenters. The Bertz CT molecular complexity index is 399. The van der Waals surface area contributed by atoms with Gasteiger partial charge in [0.15, 0.2) is 0 Å². The van der Waals surface area contributed by atoms with Crippen molar-refractivity contribution in [2.75, 3.05) is 5.32 Å². The number of halogens is 3. The van der Waals surface area contributed by atoms with E-state index < -0.39 is 18.6 Å². The van der Waals surface area contributed by atoms with Crippen molar-refractivity contribution < 1.29 is 18.0 Å². The molecule has 1 amide bonds. The summed E-state index contributed by atoms with van der Waals surface area (Å²) in [7, 11) is 0.